The van der Waals surface area contributed by atoms with E-state index in [-0.39, 0.29) is 11.4 Å². The van der Waals surface area contributed by atoms with Crippen LogP contribution in [0.4, 0.5) is 11.4 Å². The molecule has 2 aliphatic heterocycles. The van der Waals surface area contributed by atoms with E-state index in [0.29, 0.717) is 12.4 Å². The van der Waals surface area contributed by atoms with Crippen molar-refractivity contribution in [2.24, 2.45) is 0 Å². The molecule has 1 saturated heterocycles. The van der Waals surface area contributed by atoms with Gasteiger partial charge in [-0.25, -0.2) is 12.4 Å². The SMILES string of the molecule is CCc1cn(S(=O)(=O)c2ccc3c(c2)OCCN3C)c2cc(N3CCNCC3)ccc12.O=CO. The van der Waals surface area contributed by atoms with Gasteiger partial charge in [-0.05, 0) is 36.2 Å². The van der Waals surface area contributed by atoms with Crippen molar-refractivity contribution in [3.05, 3.63) is 48.2 Å². The second kappa shape index (κ2) is 9.94. The Morgan fingerprint density at radius 1 is 1.12 bits per heavy atom. The number of rotatable bonds is 4. The van der Waals surface area contributed by atoms with Gasteiger partial charge in [-0.15, -0.1) is 0 Å². The van der Waals surface area contributed by atoms with Gasteiger partial charge in [0.25, 0.3) is 16.5 Å². The first-order valence-corrected chi connectivity index (χ1v) is 12.8. The first-order valence-electron chi connectivity index (χ1n) is 11.3. The normalized spacial score (nSPS) is 15.8. The summed E-state index contributed by atoms with van der Waals surface area (Å²) in [4.78, 5) is 13.0. The first-order chi connectivity index (χ1) is 16.4. The fourth-order valence-electron chi connectivity index (χ4n) is 4.47. The lowest BCUT2D eigenvalue weighted by Gasteiger charge is -2.29. The molecular weight excluding hydrogens is 456 g/mol. The van der Waals surface area contributed by atoms with Gasteiger partial charge in [0.05, 0.1) is 22.6 Å². The third-order valence-corrected chi connectivity index (χ3v) is 7.95. The summed E-state index contributed by atoms with van der Waals surface area (Å²) < 4.78 is 34.6. The minimum atomic E-state index is -3.77. The monoisotopic (exact) mass is 486 g/mol. The molecule has 182 valence electrons. The van der Waals surface area contributed by atoms with E-state index in [1.54, 1.807) is 18.3 Å². The molecule has 0 saturated carbocycles. The number of nitrogens with one attached hydrogen (secondary N) is 1. The molecule has 0 amide bonds. The number of aryl methyl sites for hydroxylation is 1. The van der Waals surface area contributed by atoms with Gasteiger partial charge in [0.1, 0.15) is 12.4 Å². The molecule has 9 nitrogen and oxygen atoms in total. The van der Waals surface area contributed by atoms with Crippen LogP contribution in [0, 0.1) is 0 Å². The number of carboxylic acid groups (broad SMARTS) is 1. The molecule has 0 radical (unpaired) electrons. The van der Waals surface area contributed by atoms with Crippen LogP contribution in [0.15, 0.2) is 47.5 Å². The molecule has 2 aliphatic rings. The van der Waals surface area contributed by atoms with Gasteiger partial charge in [-0.2, -0.15) is 0 Å². The smallest absolute Gasteiger partial charge is 0.290 e. The number of carbonyl (C=O) groups is 1. The molecule has 0 unspecified atom stereocenters. The van der Waals surface area contributed by atoms with Gasteiger partial charge in [-0.3, -0.25) is 4.79 Å². The molecule has 3 heterocycles. The van der Waals surface area contributed by atoms with Crippen molar-refractivity contribution in [3.8, 4) is 5.75 Å². The highest BCUT2D eigenvalue weighted by molar-refractivity contribution is 7.90. The van der Waals surface area contributed by atoms with E-state index in [9.17, 15) is 8.42 Å². The van der Waals surface area contributed by atoms with Crippen LogP contribution >= 0.6 is 0 Å². The fraction of sp³-hybridized carbons (Fsp3) is 0.375. The van der Waals surface area contributed by atoms with Crippen LogP contribution in [0.1, 0.15) is 12.5 Å². The average Bonchev–Trinajstić information content (AvgIpc) is 3.24. The van der Waals surface area contributed by atoms with E-state index in [4.69, 9.17) is 14.6 Å². The fourth-order valence-corrected chi connectivity index (χ4v) is 5.87. The molecule has 0 atom stereocenters. The van der Waals surface area contributed by atoms with Crippen molar-refractivity contribution in [3.63, 3.8) is 0 Å². The summed E-state index contributed by atoms with van der Waals surface area (Å²) >= 11 is 0. The number of ether oxygens (including phenoxy) is 1. The van der Waals surface area contributed by atoms with Crippen molar-refractivity contribution in [2.45, 2.75) is 18.2 Å². The Balaban J connectivity index is 0.000000868. The highest BCUT2D eigenvalue weighted by Crippen LogP contribution is 2.35. The number of anilines is 2. The van der Waals surface area contributed by atoms with Gasteiger partial charge in [0.2, 0.25) is 0 Å². The average molecular weight is 487 g/mol. The number of piperazine rings is 1. The number of hydrogen-bond acceptors (Lipinski definition) is 7. The number of hydrogen-bond donors (Lipinski definition) is 2. The summed E-state index contributed by atoms with van der Waals surface area (Å²) in [5, 5.41) is 11.2. The van der Waals surface area contributed by atoms with Crippen molar-refractivity contribution in [2.75, 3.05) is 56.2 Å². The third-order valence-electron chi connectivity index (χ3n) is 6.28. The van der Waals surface area contributed by atoms with Crippen LogP contribution in [-0.2, 0) is 21.2 Å². The van der Waals surface area contributed by atoms with Crippen LogP contribution in [0.5, 0.6) is 5.75 Å². The molecule has 0 spiro atoms. The van der Waals surface area contributed by atoms with Gasteiger partial charge in [0.15, 0.2) is 0 Å². The minimum Gasteiger partial charge on any atom is -0.490 e. The Bertz CT molecular complexity index is 1280. The highest BCUT2D eigenvalue weighted by Gasteiger charge is 2.25. The highest BCUT2D eigenvalue weighted by atomic mass is 32.2. The lowest BCUT2D eigenvalue weighted by Crippen LogP contribution is -2.43. The molecule has 5 rings (SSSR count). The molecule has 2 N–H and O–H groups in total. The van der Waals surface area contributed by atoms with Gasteiger partial charge in [0, 0.05) is 56.6 Å². The van der Waals surface area contributed by atoms with E-state index in [2.05, 4.69) is 34.2 Å². The van der Waals surface area contributed by atoms with Crippen LogP contribution in [0.3, 0.4) is 0 Å². The zero-order chi connectivity index (χ0) is 24.3. The van der Waals surface area contributed by atoms with Crippen LogP contribution in [0.25, 0.3) is 10.9 Å². The predicted octanol–water partition coefficient (Wildman–Crippen LogP) is 2.38. The Morgan fingerprint density at radius 3 is 2.56 bits per heavy atom. The summed E-state index contributed by atoms with van der Waals surface area (Å²) in [6, 6.07) is 11.3. The van der Waals surface area contributed by atoms with E-state index in [1.807, 2.05) is 19.2 Å². The molecule has 34 heavy (non-hydrogen) atoms. The van der Waals surface area contributed by atoms with Gasteiger partial charge < -0.3 is 25.0 Å². The van der Waals surface area contributed by atoms with Crippen molar-refractivity contribution in [1.82, 2.24) is 9.29 Å². The number of aromatic nitrogens is 1. The maximum atomic E-state index is 13.7. The number of likely N-dealkylation sites (N-methyl/N-ethyl adjacent to an activating group) is 1. The molecule has 0 bridgehead atoms. The van der Waals surface area contributed by atoms with Gasteiger partial charge >= 0.3 is 0 Å². The van der Waals surface area contributed by atoms with E-state index < -0.39 is 10.0 Å². The number of benzene rings is 2. The van der Waals surface area contributed by atoms with E-state index >= 15 is 0 Å². The molecule has 3 aromatic rings. The zero-order valence-corrected chi connectivity index (χ0v) is 20.2. The number of fused-ring (bicyclic) bond motifs is 2. The molecule has 0 aliphatic carbocycles. The topological polar surface area (TPSA) is 104 Å². The van der Waals surface area contributed by atoms with Crippen molar-refractivity contribution >= 4 is 38.8 Å². The van der Waals surface area contributed by atoms with Crippen LogP contribution in [-0.4, -0.2) is 70.3 Å². The Kier molecular flexibility index (Phi) is 6.99. The summed E-state index contributed by atoms with van der Waals surface area (Å²) in [5.41, 5.74) is 3.72. The molecule has 1 aromatic heterocycles. The minimum absolute atomic E-state index is 0.244. The molecule has 2 aromatic carbocycles. The zero-order valence-electron chi connectivity index (χ0n) is 19.4. The largest absolute Gasteiger partial charge is 0.490 e. The Hall–Kier alpha value is -3.24. The van der Waals surface area contributed by atoms with Crippen molar-refractivity contribution in [1.29, 1.82) is 0 Å². The van der Waals surface area contributed by atoms with Gasteiger partial charge in [-0.1, -0.05) is 13.0 Å². The van der Waals surface area contributed by atoms with Crippen LogP contribution in [0.2, 0.25) is 0 Å². The summed E-state index contributed by atoms with van der Waals surface area (Å²) in [5.74, 6) is 0.614. The maximum Gasteiger partial charge on any atom is 0.290 e. The second-order valence-corrected chi connectivity index (χ2v) is 10.1. The summed E-state index contributed by atoms with van der Waals surface area (Å²) in [7, 11) is -1.78. The summed E-state index contributed by atoms with van der Waals surface area (Å²) in [6.45, 7) is 6.83. The third kappa shape index (κ3) is 4.43. The predicted molar refractivity (Wildman–Crippen MR) is 133 cm³/mol. The van der Waals surface area contributed by atoms with Crippen LogP contribution < -0.4 is 19.9 Å². The number of nitrogens with zero attached hydrogens (tertiary/aromatic N) is 3. The lowest BCUT2D eigenvalue weighted by molar-refractivity contribution is -0.122. The van der Waals surface area contributed by atoms with E-state index in [0.717, 1.165) is 67.0 Å². The Morgan fingerprint density at radius 2 is 1.85 bits per heavy atom. The lowest BCUT2D eigenvalue weighted by atomic mass is 10.1. The van der Waals surface area contributed by atoms with E-state index in [1.165, 1.54) is 3.97 Å². The standard InChI is InChI=1S/C23H28N4O3S.CH2O2/c1-3-17-16-27(22-14-18(4-6-20(17)22)26-10-8-24-9-11-26)31(28,29)19-5-7-21-23(15-19)30-13-12-25(21)2;2-1-3/h4-7,14-16,24H,3,8-13H2,1-2H3;1H,(H,2,3). The Labute approximate surface area is 199 Å². The first kappa shape index (κ1) is 23.9. The molecule has 1 fully saturated rings. The van der Waals surface area contributed by atoms with Crippen molar-refractivity contribution < 1.29 is 23.1 Å². The summed E-state index contributed by atoms with van der Waals surface area (Å²) in [6.07, 6.45) is 2.54. The molecule has 10 heteroatoms. The second-order valence-electron chi connectivity index (χ2n) is 8.25. The quantitative estimate of drug-likeness (QED) is 0.542. The molecular formula is C24H30N4O5S. The maximum absolute atomic E-state index is 13.7.